The number of nitrogens with one attached hydrogen (secondary N) is 2. The number of esters is 1. The van der Waals surface area contributed by atoms with Crippen LogP contribution in [0.2, 0.25) is 5.02 Å². The Balaban J connectivity index is 1.62. The molecule has 1 aliphatic heterocycles. The summed E-state index contributed by atoms with van der Waals surface area (Å²) in [6.07, 6.45) is -5.54. The predicted octanol–water partition coefficient (Wildman–Crippen LogP) is 5.68. The maximum Gasteiger partial charge on any atom is 0.390 e. The van der Waals surface area contributed by atoms with Crippen LogP contribution in [0.15, 0.2) is 30.3 Å². The van der Waals surface area contributed by atoms with Crippen molar-refractivity contribution >= 4 is 40.8 Å². The number of piperazine rings is 1. The SMILES string of the molecule is CC(C)(C)OC(=O)CCC(=O)NCc1ccc(C(=O)Nc2ccc(Cl)cc2N2CCN(CCC(F)(F)F)CC2)c(F)c1F. The molecule has 0 atom stereocenters. The molecule has 2 N–H and O–H groups in total. The van der Waals surface area contributed by atoms with E-state index in [0.717, 1.165) is 6.07 Å². The van der Waals surface area contributed by atoms with E-state index in [4.69, 9.17) is 16.3 Å². The van der Waals surface area contributed by atoms with Crippen molar-refractivity contribution in [2.75, 3.05) is 42.9 Å². The van der Waals surface area contributed by atoms with Crippen LogP contribution in [-0.4, -0.2) is 67.2 Å². The molecule has 0 aromatic heterocycles. The molecule has 0 spiro atoms. The van der Waals surface area contributed by atoms with Gasteiger partial charge in [0, 0.05) is 56.3 Å². The Labute approximate surface area is 251 Å². The highest BCUT2D eigenvalue weighted by atomic mass is 35.5. The molecular weight excluding hydrogens is 599 g/mol. The molecule has 236 valence electrons. The fourth-order valence-electron chi connectivity index (χ4n) is 4.35. The zero-order valence-corrected chi connectivity index (χ0v) is 24.8. The van der Waals surface area contributed by atoms with E-state index in [2.05, 4.69) is 10.6 Å². The summed E-state index contributed by atoms with van der Waals surface area (Å²) in [5.74, 6) is -4.79. The summed E-state index contributed by atoms with van der Waals surface area (Å²) in [6.45, 7) is 6.03. The second-order valence-electron chi connectivity index (χ2n) is 11.1. The lowest BCUT2D eigenvalue weighted by molar-refractivity contribution is -0.155. The minimum atomic E-state index is -4.24. The van der Waals surface area contributed by atoms with Crippen LogP contribution in [0.1, 0.15) is 56.0 Å². The molecule has 2 amide bonds. The average Bonchev–Trinajstić information content (AvgIpc) is 2.91. The smallest absolute Gasteiger partial charge is 0.390 e. The maximum absolute atomic E-state index is 14.9. The summed E-state index contributed by atoms with van der Waals surface area (Å²) in [4.78, 5) is 40.3. The van der Waals surface area contributed by atoms with Gasteiger partial charge >= 0.3 is 12.1 Å². The number of benzene rings is 2. The van der Waals surface area contributed by atoms with Gasteiger partial charge in [-0.2, -0.15) is 13.2 Å². The molecule has 43 heavy (non-hydrogen) atoms. The molecule has 0 bridgehead atoms. The zero-order chi connectivity index (χ0) is 31.9. The lowest BCUT2D eigenvalue weighted by Crippen LogP contribution is -2.47. The van der Waals surface area contributed by atoms with E-state index in [-0.39, 0.29) is 37.2 Å². The minimum Gasteiger partial charge on any atom is -0.460 e. The van der Waals surface area contributed by atoms with Crippen LogP contribution in [0.25, 0.3) is 0 Å². The first-order chi connectivity index (χ1) is 20.0. The Hall–Kier alpha value is -3.45. The normalized spacial score (nSPS) is 14.4. The van der Waals surface area contributed by atoms with Crippen LogP contribution >= 0.6 is 11.6 Å². The van der Waals surface area contributed by atoms with Gasteiger partial charge < -0.3 is 20.3 Å². The third-order valence-corrected chi connectivity index (χ3v) is 6.73. The number of alkyl halides is 3. The van der Waals surface area contributed by atoms with Gasteiger partial charge in [0.25, 0.3) is 5.91 Å². The number of hydrogen-bond donors (Lipinski definition) is 2. The quantitative estimate of drug-likeness (QED) is 0.259. The molecular formula is C29H34ClF5N4O4. The van der Waals surface area contributed by atoms with Gasteiger partial charge in [0.1, 0.15) is 5.60 Å². The van der Waals surface area contributed by atoms with E-state index in [0.29, 0.717) is 36.9 Å². The van der Waals surface area contributed by atoms with Crippen LogP contribution in [-0.2, 0) is 20.9 Å². The van der Waals surface area contributed by atoms with E-state index < -0.39 is 53.2 Å². The summed E-state index contributed by atoms with van der Waals surface area (Å²) in [6, 6.07) is 6.84. The van der Waals surface area contributed by atoms with Crippen molar-refractivity contribution in [2.24, 2.45) is 0 Å². The number of amides is 2. The third kappa shape index (κ3) is 10.6. The summed E-state index contributed by atoms with van der Waals surface area (Å²) in [5, 5.41) is 5.33. The summed E-state index contributed by atoms with van der Waals surface area (Å²) in [7, 11) is 0. The molecule has 0 aliphatic carbocycles. The van der Waals surface area contributed by atoms with E-state index in [1.807, 2.05) is 4.90 Å². The van der Waals surface area contributed by atoms with E-state index in [1.54, 1.807) is 31.7 Å². The monoisotopic (exact) mass is 632 g/mol. The lowest BCUT2D eigenvalue weighted by Gasteiger charge is -2.37. The van der Waals surface area contributed by atoms with Crippen molar-refractivity contribution in [3.63, 3.8) is 0 Å². The first kappa shape index (κ1) is 34.0. The summed E-state index contributed by atoms with van der Waals surface area (Å²) >= 11 is 6.16. The fraction of sp³-hybridized carbons (Fsp3) is 0.483. The molecule has 14 heteroatoms. The zero-order valence-electron chi connectivity index (χ0n) is 24.0. The highest BCUT2D eigenvalue weighted by molar-refractivity contribution is 6.31. The van der Waals surface area contributed by atoms with Crippen molar-refractivity contribution in [1.82, 2.24) is 10.2 Å². The van der Waals surface area contributed by atoms with Crippen LogP contribution < -0.4 is 15.5 Å². The number of anilines is 2. The first-order valence-corrected chi connectivity index (χ1v) is 14.0. The van der Waals surface area contributed by atoms with Crippen molar-refractivity contribution in [3.05, 3.63) is 58.1 Å². The predicted molar refractivity (Wildman–Crippen MR) is 152 cm³/mol. The molecule has 0 saturated carbocycles. The highest BCUT2D eigenvalue weighted by Crippen LogP contribution is 2.31. The number of carbonyl (C=O) groups excluding carboxylic acids is 3. The number of carbonyl (C=O) groups is 3. The highest BCUT2D eigenvalue weighted by Gasteiger charge is 2.29. The summed E-state index contributed by atoms with van der Waals surface area (Å²) < 4.78 is 72.6. The average molecular weight is 633 g/mol. The van der Waals surface area contributed by atoms with Crippen molar-refractivity contribution in [2.45, 2.75) is 58.4 Å². The Kier molecular flexibility index (Phi) is 11.4. The molecule has 2 aromatic rings. The third-order valence-electron chi connectivity index (χ3n) is 6.49. The summed E-state index contributed by atoms with van der Waals surface area (Å²) in [5.41, 5.74) is -0.720. The van der Waals surface area contributed by atoms with E-state index >= 15 is 0 Å². The molecule has 1 heterocycles. The Morgan fingerprint density at radius 3 is 2.26 bits per heavy atom. The fourth-order valence-corrected chi connectivity index (χ4v) is 4.52. The van der Waals surface area contributed by atoms with Gasteiger partial charge in [-0.05, 0) is 45.0 Å². The molecule has 8 nitrogen and oxygen atoms in total. The van der Waals surface area contributed by atoms with Crippen LogP contribution in [0.3, 0.4) is 0 Å². The molecule has 1 aliphatic rings. The van der Waals surface area contributed by atoms with E-state index in [9.17, 15) is 36.3 Å². The van der Waals surface area contributed by atoms with Crippen LogP contribution in [0, 0.1) is 11.6 Å². The molecule has 0 unspecified atom stereocenters. The standard InChI is InChI=1S/C29H34ClF5N4O4/c1-28(2,3)43-24(41)9-8-23(40)36-17-18-4-6-20(26(32)25(18)31)27(42)37-21-7-5-19(30)16-22(21)39-14-12-38(13-15-39)11-10-29(33,34)35/h4-7,16H,8-15,17H2,1-3H3,(H,36,40)(H,37,42). The number of hydrogen-bond acceptors (Lipinski definition) is 6. The first-order valence-electron chi connectivity index (χ1n) is 13.6. The Bertz CT molecular complexity index is 1330. The Morgan fingerprint density at radius 2 is 1.63 bits per heavy atom. The van der Waals surface area contributed by atoms with Gasteiger partial charge in [0.2, 0.25) is 5.91 Å². The molecule has 3 rings (SSSR count). The van der Waals surface area contributed by atoms with Crippen molar-refractivity contribution in [3.8, 4) is 0 Å². The second kappa shape index (κ2) is 14.3. The minimum absolute atomic E-state index is 0.118. The van der Waals surface area contributed by atoms with Gasteiger partial charge in [0.15, 0.2) is 11.6 Å². The molecule has 0 radical (unpaired) electrons. The van der Waals surface area contributed by atoms with Crippen LogP contribution in [0.4, 0.5) is 33.3 Å². The van der Waals surface area contributed by atoms with Gasteiger partial charge in [-0.3, -0.25) is 19.3 Å². The van der Waals surface area contributed by atoms with Gasteiger partial charge in [-0.25, -0.2) is 8.78 Å². The maximum atomic E-state index is 14.9. The number of nitrogens with zero attached hydrogens (tertiary/aromatic N) is 2. The molecule has 1 fully saturated rings. The number of halogens is 6. The van der Waals surface area contributed by atoms with Gasteiger partial charge in [-0.1, -0.05) is 17.7 Å². The largest absolute Gasteiger partial charge is 0.460 e. The van der Waals surface area contributed by atoms with Crippen molar-refractivity contribution < 1.29 is 41.1 Å². The Morgan fingerprint density at radius 1 is 0.953 bits per heavy atom. The van der Waals surface area contributed by atoms with E-state index in [1.165, 1.54) is 18.2 Å². The number of rotatable bonds is 10. The van der Waals surface area contributed by atoms with Gasteiger partial charge in [-0.15, -0.1) is 0 Å². The second-order valence-corrected chi connectivity index (χ2v) is 11.5. The number of ether oxygens (including phenoxy) is 1. The van der Waals surface area contributed by atoms with Crippen LogP contribution in [0.5, 0.6) is 0 Å². The van der Waals surface area contributed by atoms with Crippen molar-refractivity contribution in [1.29, 1.82) is 0 Å². The van der Waals surface area contributed by atoms with Gasteiger partial charge in [0.05, 0.1) is 29.8 Å². The topological polar surface area (TPSA) is 91.0 Å². The lowest BCUT2D eigenvalue weighted by atomic mass is 10.1. The molecule has 1 saturated heterocycles. The molecule has 2 aromatic carbocycles.